The Morgan fingerprint density at radius 2 is 1.81 bits per heavy atom. The normalized spacial score (nSPS) is 22.1. The highest BCUT2D eigenvalue weighted by molar-refractivity contribution is 6.01. The molecule has 0 saturated carbocycles. The third-order valence-electron chi connectivity index (χ3n) is 2.49. The Morgan fingerprint density at radius 1 is 1.12 bits per heavy atom. The largest absolute Gasteiger partial charge is 0.449 e. The summed E-state index contributed by atoms with van der Waals surface area (Å²) >= 11 is 0. The van der Waals surface area contributed by atoms with Crippen LogP contribution in [-0.4, -0.2) is 11.8 Å². The number of fused-ring (bicyclic) bond motifs is 1. The number of ketones is 1. The Balaban J connectivity index is 2.06. The number of hydrogen-bond acceptors (Lipinski definition) is 4. The number of rotatable bonds is 0. The zero-order chi connectivity index (χ0) is 11.1. The average Bonchev–Trinajstić information content (AvgIpc) is 2.32. The van der Waals surface area contributed by atoms with E-state index in [0.29, 0.717) is 17.3 Å². The first-order valence-electron chi connectivity index (χ1n) is 4.93. The topological polar surface area (TPSA) is 61.6 Å². The molecule has 0 saturated heterocycles. The molecular formula is C12H9NO3. The van der Waals surface area contributed by atoms with E-state index in [1.165, 1.54) is 0 Å². The minimum absolute atomic E-state index is 0.189. The van der Waals surface area contributed by atoms with Crippen molar-refractivity contribution < 1.29 is 14.3 Å². The van der Waals surface area contributed by atoms with Crippen LogP contribution in [0.4, 0.5) is 0 Å². The zero-order valence-electron chi connectivity index (χ0n) is 8.34. The van der Waals surface area contributed by atoms with Crippen LogP contribution in [0.3, 0.4) is 0 Å². The van der Waals surface area contributed by atoms with Gasteiger partial charge in [-0.3, -0.25) is 4.79 Å². The van der Waals surface area contributed by atoms with E-state index in [1.54, 1.807) is 24.3 Å². The molecule has 0 bridgehead atoms. The molecule has 0 spiro atoms. The molecule has 0 amide bonds. The van der Waals surface area contributed by atoms with Gasteiger partial charge in [0.2, 0.25) is 11.5 Å². The van der Waals surface area contributed by atoms with E-state index in [-0.39, 0.29) is 11.5 Å². The Labute approximate surface area is 92.0 Å². The van der Waals surface area contributed by atoms with Crippen LogP contribution in [0.1, 0.15) is 0 Å². The molecule has 4 heteroatoms. The van der Waals surface area contributed by atoms with Crippen LogP contribution < -0.4 is 15.2 Å². The van der Waals surface area contributed by atoms with E-state index in [9.17, 15) is 4.79 Å². The summed E-state index contributed by atoms with van der Waals surface area (Å²) in [4.78, 5) is 11.7. The van der Waals surface area contributed by atoms with Crippen molar-refractivity contribution in [1.29, 1.82) is 0 Å². The minimum Gasteiger partial charge on any atom is -0.449 e. The summed E-state index contributed by atoms with van der Waals surface area (Å²) in [5, 5.41) is 0. The molecule has 1 unspecified atom stereocenters. The fourth-order valence-corrected chi connectivity index (χ4v) is 1.66. The van der Waals surface area contributed by atoms with Crippen LogP contribution in [0.25, 0.3) is 0 Å². The molecule has 1 aliphatic carbocycles. The van der Waals surface area contributed by atoms with Gasteiger partial charge < -0.3 is 15.2 Å². The van der Waals surface area contributed by atoms with E-state index < -0.39 is 6.04 Å². The van der Waals surface area contributed by atoms with E-state index in [1.807, 2.05) is 12.1 Å². The van der Waals surface area contributed by atoms with Gasteiger partial charge in [0.05, 0.1) is 6.04 Å². The number of hydrogen-bond donors (Lipinski definition) is 1. The lowest BCUT2D eigenvalue weighted by Gasteiger charge is -2.24. The summed E-state index contributed by atoms with van der Waals surface area (Å²) < 4.78 is 11.0. The van der Waals surface area contributed by atoms with Crippen molar-refractivity contribution in [2.24, 2.45) is 5.73 Å². The van der Waals surface area contributed by atoms with Crippen LogP contribution in [-0.2, 0) is 4.79 Å². The SMILES string of the molecule is NC1C=CC2=C(Oc3ccccc3O2)C1=O. The van der Waals surface area contributed by atoms with Crippen LogP contribution in [0.15, 0.2) is 47.9 Å². The third-order valence-corrected chi connectivity index (χ3v) is 2.49. The Hall–Kier alpha value is -2.07. The molecule has 1 aliphatic heterocycles. The van der Waals surface area contributed by atoms with Gasteiger partial charge in [-0.25, -0.2) is 0 Å². The molecule has 0 fully saturated rings. The summed E-state index contributed by atoms with van der Waals surface area (Å²) in [6, 6.07) is 6.54. The molecule has 1 aromatic rings. The van der Waals surface area contributed by atoms with Crippen LogP contribution in [0, 0.1) is 0 Å². The molecule has 1 heterocycles. The van der Waals surface area contributed by atoms with Crippen molar-refractivity contribution >= 4 is 5.78 Å². The van der Waals surface area contributed by atoms with Gasteiger partial charge in [-0.2, -0.15) is 0 Å². The van der Waals surface area contributed by atoms with E-state index in [2.05, 4.69) is 0 Å². The molecule has 1 atom stereocenters. The lowest BCUT2D eigenvalue weighted by molar-refractivity contribution is -0.118. The molecule has 2 aliphatic rings. The number of ether oxygens (including phenoxy) is 2. The fraction of sp³-hybridized carbons (Fsp3) is 0.0833. The highest BCUT2D eigenvalue weighted by atomic mass is 16.6. The molecule has 1 aromatic carbocycles. The van der Waals surface area contributed by atoms with Crippen LogP contribution >= 0.6 is 0 Å². The van der Waals surface area contributed by atoms with Crippen molar-refractivity contribution in [3.8, 4) is 11.5 Å². The monoisotopic (exact) mass is 215 g/mol. The Kier molecular flexibility index (Phi) is 1.84. The maximum atomic E-state index is 11.7. The van der Waals surface area contributed by atoms with E-state index in [4.69, 9.17) is 15.2 Å². The first-order valence-corrected chi connectivity index (χ1v) is 4.93. The average molecular weight is 215 g/mol. The van der Waals surface area contributed by atoms with Crippen LogP contribution in [0.2, 0.25) is 0 Å². The Bertz CT molecular complexity index is 531. The van der Waals surface area contributed by atoms with E-state index >= 15 is 0 Å². The summed E-state index contributed by atoms with van der Waals surface area (Å²) in [6.07, 6.45) is 3.26. The Morgan fingerprint density at radius 3 is 2.56 bits per heavy atom. The van der Waals surface area contributed by atoms with Crippen molar-refractivity contribution in [2.45, 2.75) is 6.04 Å². The van der Waals surface area contributed by atoms with Crippen molar-refractivity contribution in [3.63, 3.8) is 0 Å². The number of carbonyl (C=O) groups excluding carboxylic acids is 1. The standard InChI is InChI=1S/C12H9NO3/c13-7-5-6-10-12(11(7)14)16-9-4-2-1-3-8(9)15-10/h1-7H,13H2. The second-order valence-electron chi connectivity index (χ2n) is 3.59. The molecule has 0 radical (unpaired) electrons. The number of para-hydroxylation sites is 2. The van der Waals surface area contributed by atoms with Gasteiger partial charge in [-0.15, -0.1) is 0 Å². The fourth-order valence-electron chi connectivity index (χ4n) is 1.66. The zero-order valence-corrected chi connectivity index (χ0v) is 8.34. The second-order valence-corrected chi connectivity index (χ2v) is 3.59. The van der Waals surface area contributed by atoms with Gasteiger partial charge in [-0.1, -0.05) is 18.2 Å². The van der Waals surface area contributed by atoms with Gasteiger partial charge in [0.1, 0.15) is 0 Å². The summed E-state index contributed by atoms with van der Waals surface area (Å²) in [5.41, 5.74) is 5.60. The van der Waals surface area contributed by atoms with Crippen molar-refractivity contribution in [3.05, 3.63) is 47.9 Å². The van der Waals surface area contributed by atoms with Gasteiger partial charge in [0.25, 0.3) is 0 Å². The molecule has 80 valence electrons. The summed E-state index contributed by atoms with van der Waals surface area (Å²) in [5.74, 6) is 1.50. The van der Waals surface area contributed by atoms with Crippen LogP contribution in [0.5, 0.6) is 11.5 Å². The first kappa shape index (κ1) is 9.18. The second kappa shape index (κ2) is 3.21. The third kappa shape index (κ3) is 1.24. The van der Waals surface area contributed by atoms with Gasteiger partial charge >= 0.3 is 0 Å². The molecular weight excluding hydrogens is 206 g/mol. The number of carbonyl (C=O) groups is 1. The first-order chi connectivity index (χ1) is 7.75. The molecule has 3 rings (SSSR count). The maximum Gasteiger partial charge on any atom is 0.222 e. The number of Topliss-reactive ketones (excluding diaryl/α,β-unsaturated/α-hetero) is 1. The summed E-state index contributed by atoms with van der Waals surface area (Å²) in [7, 11) is 0. The van der Waals surface area contributed by atoms with Gasteiger partial charge in [0, 0.05) is 0 Å². The highest BCUT2D eigenvalue weighted by Gasteiger charge is 2.30. The van der Waals surface area contributed by atoms with Gasteiger partial charge in [-0.05, 0) is 18.2 Å². The predicted molar refractivity (Wildman–Crippen MR) is 56.8 cm³/mol. The smallest absolute Gasteiger partial charge is 0.222 e. The minimum atomic E-state index is -0.646. The van der Waals surface area contributed by atoms with Gasteiger partial charge in [0.15, 0.2) is 17.3 Å². The van der Waals surface area contributed by atoms with Crippen molar-refractivity contribution in [1.82, 2.24) is 0 Å². The summed E-state index contributed by atoms with van der Waals surface area (Å²) in [6.45, 7) is 0. The van der Waals surface area contributed by atoms with Crippen molar-refractivity contribution in [2.75, 3.05) is 0 Å². The van der Waals surface area contributed by atoms with E-state index in [0.717, 1.165) is 0 Å². The molecule has 0 aromatic heterocycles. The maximum absolute atomic E-state index is 11.7. The predicted octanol–water partition coefficient (Wildman–Crippen LogP) is 1.14. The molecule has 4 nitrogen and oxygen atoms in total. The highest BCUT2D eigenvalue weighted by Crippen LogP contribution is 2.36. The molecule has 2 N–H and O–H groups in total. The molecule has 16 heavy (non-hydrogen) atoms. The quantitative estimate of drug-likeness (QED) is 0.704. The number of nitrogens with two attached hydrogens (primary N) is 1. The lowest BCUT2D eigenvalue weighted by atomic mass is 10.0. The number of benzene rings is 1. The lowest BCUT2D eigenvalue weighted by Crippen LogP contribution is -2.35. The number of allylic oxidation sites excluding steroid dienone is 1.